The molecular formula is C18H24N4O3. The number of aromatic nitrogens is 2. The minimum atomic E-state index is -0.533. The van der Waals surface area contributed by atoms with E-state index in [0.29, 0.717) is 5.92 Å². The van der Waals surface area contributed by atoms with Gasteiger partial charge in [0.1, 0.15) is 18.9 Å². The number of benzene rings is 1. The van der Waals surface area contributed by atoms with Gasteiger partial charge >= 0.3 is 5.69 Å². The first-order chi connectivity index (χ1) is 11.9. The molecule has 134 valence electrons. The lowest BCUT2D eigenvalue weighted by atomic mass is 9.95. The molecule has 1 aromatic heterocycles. The van der Waals surface area contributed by atoms with Crippen LogP contribution in [0.1, 0.15) is 56.7 Å². The first-order valence-electron chi connectivity index (χ1n) is 8.50. The Morgan fingerprint density at radius 2 is 1.88 bits per heavy atom. The second kappa shape index (κ2) is 8.41. The van der Waals surface area contributed by atoms with Crippen LogP contribution in [0.2, 0.25) is 0 Å². The van der Waals surface area contributed by atoms with Crippen LogP contribution in [0.3, 0.4) is 0 Å². The lowest BCUT2D eigenvalue weighted by Crippen LogP contribution is -2.31. The summed E-state index contributed by atoms with van der Waals surface area (Å²) in [4.78, 5) is 22.3. The monoisotopic (exact) mass is 344 g/mol. The number of nitrogens with one attached hydrogen (secondary N) is 1. The summed E-state index contributed by atoms with van der Waals surface area (Å²) in [6.45, 7) is 6.31. The van der Waals surface area contributed by atoms with E-state index in [1.807, 2.05) is 6.92 Å². The number of nitrogens with zero attached hydrogens (tertiary/aromatic N) is 3. The van der Waals surface area contributed by atoms with E-state index in [-0.39, 0.29) is 24.2 Å². The van der Waals surface area contributed by atoms with Crippen molar-refractivity contribution in [2.75, 3.05) is 0 Å². The molecule has 1 heterocycles. The number of carbonyl (C=O) groups is 1. The second-order valence-corrected chi connectivity index (χ2v) is 6.16. The summed E-state index contributed by atoms with van der Waals surface area (Å²) in [6, 6.07) is 8.22. The number of nitro groups is 1. The van der Waals surface area contributed by atoms with Gasteiger partial charge in [0.2, 0.25) is 5.91 Å². The van der Waals surface area contributed by atoms with Crippen LogP contribution in [0.25, 0.3) is 0 Å². The van der Waals surface area contributed by atoms with Crippen LogP contribution in [0.4, 0.5) is 5.69 Å². The van der Waals surface area contributed by atoms with E-state index in [0.717, 1.165) is 24.6 Å². The number of hydrogen-bond acceptors (Lipinski definition) is 4. The smallest absolute Gasteiger partial charge is 0.307 e. The van der Waals surface area contributed by atoms with Gasteiger partial charge in [-0.3, -0.25) is 19.6 Å². The third kappa shape index (κ3) is 4.89. The molecular weight excluding hydrogens is 320 g/mol. The summed E-state index contributed by atoms with van der Waals surface area (Å²) in [5.41, 5.74) is 2.21. The van der Waals surface area contributed by atoms with E-state index in [1.165, 1.54) is 16.4 Å². The molecule has 0 aliphatic carbocycles. The van der Waals surface area contributed by atoms with E-state index in [4.69, 9.17) is 0 Å². The highest BCUT2D eigenvalue weighted by atomic mass is 16.6. The molecule has 0 saturated carbocycles. The topological polar surface area (TPSA) is 90.1 Å². The van der Waals surface area contributed by atoms with Gasteiger partial charge in [0.15, 0.2) is 0 Å². The Morgan fingerprint density at radius 3 is 2.40 bits per heavy atom. The van der Waals surface area contributed by atoms with Gasteiger partial charge in [0, 0.05) is 0 Å². The Balaban J connectivity index is 2.00. The summed E-state index contributed by atoms with van der Waals surface area (Å²) >= 11 is 0. The third-order valence-electron chi connectivity index (χ3n) is 4.40. The maximum Gasteiger partial charge on any atom is 0.307 e. The predicted octanol–water partition coefficient (Wildman–Crippen LogP) is 3.57. The predicted molar refractivity (Wildman–Crippen MR) is 95.2 cm³/mol. The number of rotatable bonds is 8. The molecule has 0 bridgehead atoms. The minimum Gasteiger partial charge on any atom is -0.348 e. The van der Waals surface area contributed by atoms with E-state index in [2.05, 4.69) is 48.5 Å². The zero-order valence-electron chi connectivity index (χ0n) is 14.8. The van der Waals surface area contributed by atoms with Crippen molar-refractivity contribution in [1.82, 2.24) is 15.1 Å². The van der Waals surface area contributed by atoms with Crippen LogP contribution in [0, 0.1) is 10.1 Å². The van der Waals surface area contributed by atoms with Gasteiger partial charge in [-0.1, -0.05) is 45.0 Å². The minimum absolute atomic E-state index is 0.0463. The highest BCUT2D eigenvalue weighted by Gasteiger charge is 2.15. The van der Waals surface area contributed by atoms with Crippen molar-refractivity contribution < 1.29 is 9.72 Å². The van der Waals surface area contributed by atoms with Gasteiger partial charge < -0.3 is 5.32 Å². The van der Waals surface area contributed by atoms with E-state index < -0.39 is 4.92 Å². The molecule has 2 aromatic rings. The fourth-order valence-corrected chi connectivity index (χ4v) is 2.63. The number of hydrogen-bond donors (Lipinski definition) is 1. The van der Waals surface area contributed by atoms with Crippen molar-refractivity contribution in [3.8, 4) is 0 Å². The van der Waals surface area contributed by atoms with E-state index >= 15 is 0 Å². The summed E-state index contributed by atoms with van der Waals surface area (Å²) in [5, 5.41) is 17.5. The van der Waals surface area contributed by atoms with Gasteiger partial charge in [-0.2, -0.15) is 5.10 Å². The van der Waals surface area contributed by atoms with Crippen LogP contribution < -0.4 is 5.32 Å². The zero-order chi connectivity index (χ0) is 18.4. The Morgan fingerprint density at radius 1 is 1.24 bits per heavy atom. The van der Waals surface area contributed by atoms with Crippen molar-refractivity contribution in [2.24, 2.45) is 0 Å². The largest absolute Gasteiger partial charge is 0.348 e. The third-order valence-corrected chi connectivity index (χ3v) is 4.40. The summed E-state index contributed by atoms with van der Waals surface area (Å²) in [5.74, 6) is 0.287. The van der Waals surface area contributed by atoms with Crippen LogP contribution in [0.15, 0.2) is 36.7 Å². The van der Waals surface area contributed by atoms with Crippen molar-refractivity contribution in [1.29, 1.82) is 0 Å². The van der Waals surface area contributed by atoms with Gasteiger partial charge in [0.25, 0.3) is 0 Å². The molecule has 2 unspecified atom stereocenters. The van der Waals surface area contributed by atoms with Crippen molar-refractivity contribution in [3.05, 3.63) is 57.9 Å². The lowest BCUT2D eigenvalue weighted by molar-refractivity contribution is -0.385. The highest BCUT2D eigenvalue weighted by Crippen LogP contribution is 2.22. The lowest BCUT2D eigenvalue weighted by Gasteiger charge is -2.18. The molecule has 2 rings (SSSR count). The first-order valence-corrected chi connectivity index (χ1v) is 8.50. The van der Waals surface area contributed by atoms with Crippen LogP contribution in [0.5, 0.6) is 0 Å². The maximum atomic E-state index is 12.2. The van der Waals surface area contributed by atoms with E-state index in [1.54, 1.807) is 0 Å². The molecule has 25 heavy (non-hydrogen) atoms. The molecule has 2 atom stereocenters. The molecule has 1 aromatic carbocycles. The molecule has 1 amide bonds. The average molecular weight is 344 g/mol. The molecule has 0 radical (unpaired) electrons. The fourth-order valence-electron chi connectivity index (χ4n) is 2.63. The van der Waals surface area contributed by atoms with E-state index in [9.17, 15) is 14.9 Å². The number of carbonyl (C=O) groups excluding carboxylic acids is 1. The SMILES string of the molecule is CCC(C)c1ccc(C(CC)NC(=O)Cn2cc([N+](=O)[O-])cn2)cc1. The highest BCUT2D eigenvalue weighted by molar-refractivity contribution is 5.76. The Labute approximate surface area is 147 Å². The molecule has 0 aliphatic rings. The average Bonchev–Trinajstić information content (AvgIpc) is 3.08. The molecule has 0 aliphatic heterocycles. The second-order valence-electron chi connectivity index (χ2n) is 6.16. The van der Waals surface area contributed by atoms with Gasteiger partial charge in [-0.05, 0) is 29.9 Å². The molecule has 0 fully saturated rings. The van der Waals surface area contributed by atoms with Crippen molar-refractivity contribution >= 4 is 11.6 Å². The van der Waals surface area contributed by atoms with Crippen LogP contribution in [-0.4, -0.2) is 20.6 Å². The van der Waals surface area contributed by atoms with Gasteiger partial charge in [0.05, 0.1) is 11.0 Å². The summed E-state index contributed by atoms with van der Waals surface area (Å²) in [6.07, 6.45) is 4.23. The molecule has 7 nitrogen and oxygen atoms in total. The quantitative estimate of drug-likeness (QED) is 0.585. The zero-order valence-corrected chi connectivity index (χ0v) is 14.8. The fraction of sp³-hybridized carbons (Fsp3) is 0.444. The van der Waals surface area contributed by atoms with Crippen molar-refractivity contribution in [3.63, 3.8) is 0 Å². The Bertz CT molecular complexity index is 724. The molecule has 7 heteroatoms. The number of amides is 1. The van der Waals surface area contributed by atoms with Gasteiger partial charge in [-0.25, -0.2) is 0 Å². The standard InChI is InChI=1S/C18H24N4O3/c1-4-13(3)14-6-8-15(9-7-14)17(5-2)20-18(23)12-21-11-16(10-19-21)22(24)25/h6-11,13,17H,4-5,12H2,1-3H3,(H,20,23). The first kappa shape index (κ1) is 18.6. The maximum absolute atomic E-state index is 12.2. The summed E-state index contributed by atoms with van der Waals surface area (Å²) < 4.78 is 1.27. The Hall–Kier alpha value is -2.70. The molecule has 0 saturated heterocycles. The van der Waals surface area contributed by atoms with Crippen LogP contribution in [-0.2, 0) is 11.3 Å². The van der Waals surface area contributed by atoms with Crippen molar-refractivity contribution in [2.45, 2.75) is 52.1 Å². The molecule has 1 N–H and O–H groups in total. The van der Waals surface area contributed by atoms with Gasteiger partial charge in [-0.15, -0.1) is 0 Å². The molecule has 0 spiro atoms. The normalized spacial score (nSPS) is 13.2. The summed E-state index contributed by atoms with van der Waals surface area (Å²) in [7, 11) is 0. The van der Waals surface area contributed by atoms with Crippen LogP contribution >= 0.6 is 0 Å². The Kier molecular flexibility index (Phi) is 6.27.